The average molecular weight is 208 g/mol. The molecule has 3 heteroatoms. The highest BCUT2D eigenvalue weighted by Gasteiger charge is 2.06. The molecule has 4 atom stereocenters. The molecule has 1 fully saturated rings. The first-order chi connectivity index (χ1) is 5.43. The van der Waals surface area contributed by atoms with Gasteiger partial charge in [-0.05, 0) is 42.9 Å². The highest BCUT2D eigenvalue weighted by molar-refractivity contribution is 7.47. The van der Waals surface area contributed by atoms with Crippen molar-refractivity contribution in [2.75, 3.05) is 30.8 Å². The van der Waals surface area contributed by atoms with Gasteiger partial charge in [-0.1, -0.05) is 6.92 Å². The van der Waals surface area contributed by atoms with Crippen LogP contribution in [0.3, 0.4) is 0 Å². The summed E-state index contributed by atoms with van der Waals surface area (Å²) in [5.74, 6) is 0. The van der Waals surface area contributed by atoms with Gasteiger partial charge in [0.15, 0.2) is 0 Å². The number of hydrogen-bond donors (Lipinski definition) is 0. The smallest absolute Gasteiger partial charge is 0.0202 e. The van der Waals surface area contributed by atoms with Crippen LogP contribution in [0, 0.1) is 0 Å². The minimum absolute atomic E-state index is 1.11. The van der Waals surface area contributed by atoms with Crippen molar-refractivity contribution in [3.8, 4) is 0 Å². The molecule has 1 aliphatic rings. The predicted octanol–water partition coefficient (Wildman–Crippen LogP) is 2.81. The van der Waals surface area contributed by atoms with Crippen molar-refractivity contribution < 1.29 is 0 Å². The summed E-state index contributed by atoms with van der Waals surface area (Å²) in [7, 11) is 3.87. The Labute approximate surface area is 76.0 Å². The molecule has 0 nitrogen and oxygen atoms in total. The van der Waals surface area contributed by atoms with Gasteiger partial charge >= 0.3 is 0 Å². The van der Waals surface area contributed by atoms with Gasteiger partial charge in [0.2, 0.25) is 0 Å². The first-order valence-corrected chi connectivity index (χ1v) is 8.69. The molecular formula is C8H19P3. The van der Waals surface area contributed by atoms with Crippen molar-refractivity contribution in [2.45, 2.75) is 19.0 Å². The summed E-state index contributed by atoms with van der Waals surface area (Å²) in [5, 5.41) is 0. The van der Waals surface area contributed by atoms with E-state index in [-0.39, 0.29) is 0 Å². The molecule has 0 spiro atoms. The SMILES string of the molecule is CCC1CPCCPCCP1. The van der Waals surface area contributed by atoms with Gasteiger partial charge in [-0.2, -0.15) is 0 Å². The monoisotopic (exact) mass is 208 g/mol. The van der Waals surface area contributed by atoms with Gasteiger partial charge in [0, 0.05) is 0 Å². The largest absolute Gasteiger partial charge is 0.121 e. The summed E-state index contributed by atoms with van der Waals surface area (Å²) >= 11 is 0. The summed E-state index contributed by atoms with van der Waals surface area (Å²) in [6.07, 6.45) is 9.16. The molecule has 1 rings (SSSR count). The lowest BCUT2D eigenvalue weighted by molar-refractivity contribution is 0.907. The number of hydrogen-bond acceptors (Lipinski definition) is 0. The lowest BCUT2D eigenvalue weighted by Crippen LogP contribution is -2.02. The molecule has 0 aromatic rings. The molecule has 11 heavy (non-hydrogen) atoms. The van der Waals surface area contributed by atoms with E-state index in [1.807, 2.05) is 0 Å². The zero-order chi connectivity index (χ0) is 7.94. The molecule has 0 amide bonds. The van der Waals surface area contributed by atoms with E-state index in [4.69, 9.17) is 0 Å². The van der Waals surface area contributed by atoms with Gasteiger partial charge in [-0.25, -0.2) is 0 Å². The Morgan fingerprint density at radius 1 is 1.09 bits per heavy atom. The first kappa shape index (κ1) is 10.4. The van der Waals surface area contributed by atoms with Crippen LogP contribution in [0.15, 0.2) is 0 Å². The standard InChI is InChI=1S/C8H19P3/c1-2-8-7-10-4-3-9-5-6-11-8/h8-11H,2-7H2,1H3. The Morgan fingerprint density at radius 3 is 2.64 bits per heavy atom. The van der Waals surface area contributed by atoms with Crippen molar-refractivity contribution in [1.29, 1.82) is 0 Å². The zero-order valence-corrected chi connectivity index (χ0v) is 10.3. The normalized spacial score (nSPS) is 35.2. The Morgan fingerprint density at radius 2 is 1.82 bits per heavy atom. The molecule has 1 heterocycles. The van der Waals surface area contributed by atoms with E-state index in [2.05, 4.69) is 6.92 Å². The average Bonchev–Trinajstić information content (AvgIpc) is 2.16. The molecule has 0 aliphatic carbocycles. The molecule has 0 aromatic carbocycles. The molecule has 1 saturated heterocycles. The molecule has 66 valence electrons. The van der Waals surface area contributed by atoms with Crippen molar-refractivity contribution >= 4 is 25.7 Å². The van der Waals surface area contributed by atoms with Gasteiger partial charge in [-0.3, -0.25) is 0 Å². The van der Waals surface area contributed by atoms with E-state index in [0.717, 1.165) is 5.66 Å². The van der Waals surface area contributed by atoms with Gasteiger partial charge in [-0.15, -0.1) is 25.7 Å². The summed E-state index contributed by atoms with van der Waals surface area (Å²) < 4.78 is 0. The maximum absolute atomic E-state index is 2.36. The Kier molecular flexibility index (Phi) is 6.38. The van der Waals surface area contributed by atoms with Crippen LogP contribution in [0.2, 0.25) is 0 Å². The minimum atomic E-state index is 1.11. The third-order valence-corrected chi connectivity index (χ3v) is 7.83. The van der Waals surface area contributed by atoms with E-state index in [9.17, 15) is 0 Å². The van der Waals surface area contributed by atoms with Crippen molar-refractivity contribution in [3.63, 3.8) is 0 Å². The molecule has 1 aliphatic heterocycles. The Hall–Kier alpha value is 1.29. The Bertz CT molecular complexity index is 85.3. The molecule has 0 radical (unpaired) electrons. The maximum Gasteiger partial charge on any atom is -0.0202 e. The third-order valence-electron chi connectivity index (χ3n) is 2.10. The second kappa shape index (κ2) is 6.77. The zero-order valence-electron chi connectivity index (χ0n) is 7.32. The van der Waals surface area contributed by atoms with Crippen LogP contribution in [0.25, 0.3) is 0 Å². The van der Waals surface area contributed by atoms with Gasteiger partial charge in [0.05, 0.1) is 0 Å². The molecule has 0 saturated carbocycles. The van der Waals surface area contributed by atoms with Crippen LogP contribution in [0.1, 0.15) is 13.3 Å². The fraction of sp³-hybridized carbons (Fsp3) is 1.00. The molecule has 4 unspecified atom stereocenters. The van der Waals surface area contributed by atoms with Crippen molar-refractivity contribution in [3.05, 3.63) is 0 Å². The van der Waals surface area contributed by atoms with E-state index in [1.54, 1.807) is 30.8 Å². The molecule has 0 aromatic heterocycles. The Balaban J connectivity index is 2.19. The van der Waals surface area contributed by atoms with E-state index in [0.29, 0.717) is 0 Å². The van der Waals surface area contributed by atoms with Gasteiger partial charge < -0.3 is 0 Å². The fourth-order valence-electron chi connectivity index (χ4n) is 1.30. The van der Waals surface area contributed by atoms with Crippen LogP contribution >= 0.6 is 25.7 Å². The summed E-state index contributed by atoms with van der Waals surface area (Å²) in [6, 6.07) is 0. The highest BCUT2D eigenvalue weighted by atomic mass is 31.1. The van der Waals surface area contributed by atoms with Crippen LogP contribution in [-0.4, -0.2) is 36.5 Å². The van der Waals surface area contributed by atoms with Gasteiger partial charge in [0.25, 0.3) is 0 Å². The van der Waals surface area contributed by atoms with E-state index in [1.165, 1.54) is 32.2 Å². The quantitative estimate of drug-likeness (QED) is 0.581. The molecule has 0 N–H and O–H groups in total. The van der Waals surface area contributed by atoms with Crippen molar-refractivity contribution in [1.82, 2.24) is 0 Å². The minimum Gasteiger partial charge on any atom is -0.121 e. The summed E-state index contributed by atoms with van der Waals surface area (Å²) in [4.78, 5) is 0. The lowest BCUT2D eigenvalue weighted by Gasteiger charge is -2.12. The molecule has 0 bridgehead atoms. The topological polar surface area (TPSA) is 0 Å². The van der Waals surface area contributed by atoms with Crippen LogP contribution in [0.4, 0.5) is 0 Å². The molecular weight excluding hydrogens is 189 g/mol. The van der Waals surface area contributed by atoms with Crippen molar-refractivity contribution in [2.24, 2.45) is 0 Å². The maximum atomic E-state index is 2.36. The van der Waals surface area contributed by atoms with Crippen LogP contribution in [-0.2, 0) is 0 Å². The highest BCUT2D eigenvalue weighted by Crippen LogP contribution is 2.32. The first-order valence-electron chi connectivity index (χ1n) is 4.58. The van der Waals surface area contributed by atoms with E-state index >= 15 is 0 Å². The second-order valence-corrected chi connectivity index (χ2v) is 7.65. The van der Waals surface area contributed by atoms with E-state index < -0.39 is 0 Å². The fourth-order valence-corrected chi connectivity index (χ4v) is 6.80. The van der Waals surface area contributed by atoms with Gasteiger partial charge in [0.1, 0.15) is 0 Å². The second-order valence-electron chi connectivity index (χ2n) is 3.01. The summed E-state index contributed by atoms with van der Waals surface area (Å²) in [6.45, 7) is 2.36. The lowest BCUT2D eigenvalue weighted by atomic mass is 10.4. The number of rotatable bonds is 1. The summed E-state index contributed by atoms with van der Waals surface area (Å²) in [5.41, 5.74) is 1.11. The predicted molar refractivity (Wildman–Crippen MR) is 63.4 cm³/mol. The van der Waals surface area contributed by atoms with Crippen LogP contribution < -0.4 is 0 Å². The van der Waals surface area contributed by atoms with Crippen LogP contribution in [0.5, 0.6) is 0 Å². The third kappa shape index (κ3) is 4.77.